The summed E-state index contributed by atoms with van der Waals surface area (Å²) in [5, 5.41) is 2.08. The Morgan fingerprint density at radius 2 is 1.64 bits per heavy atom. The van der Waals surface area contributed by atoms with Gasteiger partial charge in [0, 0.05) is 0 Å². The molecule has 11 heavy (non-hydrogen) atoms. The molecule has 0 saturated carbocycles. The van der Waals surface area contributed by atoms with Gasteiger partial charge in [-0.15, -0.1) is 0 Å². The molecule has 0 atom stereocenters. The van der Waals surface area contributed by atoms with E-state index in [4.69, 9.17) is 0 Å². The largest absolute Gasteiger partial charge is 0.0912 e. The van der Waals surface area contributed by atoms with Crippen molar-refractivity contribution in [3.05, 3.63) is 34.2 Å². The first-order chi connectivity index (χ1) is 5.22. The molecule has 1 aromatic rings. The van der Waals surface area contributed by atoms with Crippen LogP contribution in [0.25, 0.3) is 13.2 Å². The van der Waals surface area contributed by atoms with E-state index in [-0.39, 0.29) is 0 Å². The molecule has 0 unspecified atom stereocenters. The first-order valence-electron chi connectivity index (χ1n) is 3.95. The van der Waals surface area contributed by atoms with Crippen molar-refractivity contribution in [1.29, 1.82) is 0 Å². The maximum absolute atomic E-state index is 3.86. The van der Waals surface area contributed by atoms with Gasteiger partial charge >= 0.3 is 0 Å². The first kappa shape index (κ1) is 9.96. The maximum atomic E-state index is 3.86. The van der Waals surface area contributed by atoms with Crippen molar-refractivity contribution in [2.75, 3.05) is 0 Å². The molecule has 0 nitrogen and oxygen atoms in total. The van der Waals surface area contributed by atoms with Gasteiger partial charge in [-0.1, -0.05) is 45.2 Å². The molecule has 0 aliphatic rings. The number of benzene rings is 1. The third kappa shape index (κ3) is 2.58. The Kier molecular flexibility index (Phi) is 4.28. The minimum Gasteiger partial charge on any atom is -0.0912 e. The van der Waals surface area contributed by atoms with Gasteiger partial charge in [0.2, 0.25) is 0 Å². The number of hydrogen-bond acceptors (Lipinski definition) is 0. The van der Waals surface area contributed by atoms with Crippen LogP contribution < -0.4 is 10.4 Å². The fourth-order valence-electron chi connectivity index (χ4n) is 0.763. The highest BCUT2D eigenvalue weighted by Gasteiger charge is 1.81. The highest BCUT2D eigenvalue weighted by Crippen LogP contribution is 1.80. The Morgan fingerprint density at radius 3 is 2.00 bits per heavy atom. The summed E-state index contributed by atoms with van der Waals surface area (Å²) in [6.45, 7) is 13.7. The van der Waals surface area contributed by atoms with Gasteiger partial charge in [0.05, 0.1) is 0 Å². The average molecular weight is 148 g/mol. The molecule has 0 heteroatoms. The van der Waals surface area contributed by atoms with Crippen molar-refractivity contribution in [3.8, 4) is 0 Å². The molecule has 0 bridgehead atoms. The number of rotatable bonds is 0. The molecule has 0 fully saturated rings. The van der Waals surface area contributed by atoms with E-state index in [0.29, 0.717) is 0 Å². The van der Waals surface area contributed by atoms with E-state index in [1.807, 2.05) is 39.0 Å². The fourth-order valence-corrected chi connectivity index (χ4v) is 0.763. The first-order valence-corrected chi connectivity index (χ1v) is 3.95. The van der Waals surface area contributed by atoms with Gasteiger partial charge < -0.3 is 0 Å². The predicted molar refractivity (Wildman–Crippen MR) is 52.8 cm³/mol. The topological polar surface area (TPSA) is 0 Å². The summed E-state index contributed by atoms with van der Waals surface area (Å²) in [5.74, 6) is 0. The quantitative estimate of drug-likeness (QED) is 0.526. The lowest BCUT2D eigenvalue weighted by Crippen LogP contribution is -2.23. The van der Waals surface area contributed by atoms with Crippen LogP contribution >= 0.6 is 0 Å². The molecule has 0 aliphatic heterocycles. The summed E-state index contributed by atoms with van der Waals surface area (Å²) in [5.41, 5.74) is 1.21. The van der Waals surface area contributed by atoms with Gasteiger partial charge in [0.1, 0.15) is 0 Å². The van der Waals surface area contributed by atoms with E-state index in [2.05, 4.69) is 13.2 Å². The second-order valence-corrected chi connectivity index (χ2v) is 2.21. The summed E-state index contributed by atoms with van der Waals surface area (Å²) in [4.78, 5) is 0. The molecule has 0 aromatic heterocycles. The Balaban J connectivity index is 0.000000461. The lowest BCUT2D eigenvalue weighted by molar-refractivity contribution is 1.38. The highest BCUT2D eigenvalue weighted by atomic mass is 13.9. The van der Waals surface area contributed by atoms with Crippen LogP contribution in [0.5, 0.6) is 0 Å². The number of aryl methyl sites for hydroxylation is 1. The molecule has 60 valence electrons. The van der Waals surface area contributed by atoms with Crippen molar-refractivity contribution in [2.45, 2.75) is 20.8 Å². The van der Waals surface area contributed by atoms with E-state index >= 15 is 0 Å². The normalized spacial score (nSPS) is 8.27. The predicted octanol–water partition coefficient (Wildman–Crippen LogP) is 1.84. The summed E-state index contributed by atoms with van der Waals surface area (Å²) in [6, 6.07) is 6.00. The van der Waals surface area contributed by atoms with Gasteiger partial charge in [-0.05, 0) is 22.9 Å². The van der Waals surface area contributed by atoms with Crippen molar-refractivity contribution in [3.63, 3.8) is 0 Å². The third-order valence-electron chi connectivity index (χ3n) is 1.51. The maximum Gasteiger partial charge on any atom is -0.0233 e. The molecule has 0 spiro atoms. The van der Waals surface area contributed by atoms with Gasteiger partial charge in [0.25, 0.3) is 0 Å². The Hall–Kier alpha value is -1.04. The minimum atomic E-state index is 1.02. The Bertz CT molecular complexity index is 296. The summed E-state index contributed by atoms with van der Waals surface area (Å²) in [7, 11) is 0. The lowest BCUT2D eigenvalue weighted by atomic mass is 10.2. The Morgan fingerprint density at radius 1 is 1.09 bits per heavy atom. The monoisotopic (exact) mass is 148 g/mol. The van der Waals surface area contributed by atoms with Crippen LogP contribution in [0.1, 0.15) is 19.4 Å². The SMILES string of the molecule is C=c1cccc(C)c1=C.CC. The van der Waals surface area contributed by atoms with E-state index in [1.165, 1.54) is 5.56 Å². The molecule has 0 heterocycles. The van der Waals surface area contributed by atoms with E-state index in [0.717, 1.165) is 10.4 Å². The fraction of sp³-hybridized carbons (Fsp3) is 0.273. The molecule has 0 saturated heterocycles. The van der Waals surface area contributed by atoms with Crippen LogP contribution in [-0.2, 0) is 0 Å². The second-order valence-electron chi connectivity index (χ2n) is 2.21. The lowest BCUT2D eigenvalue weighted by Gasteiger charge is -1.89. The van der Waals surface area contributed by atoms with Crippen molar-refractivity contribution >= 4 is 13.2 Å². The van der Waals surface area contributed by atoms with E-state index in [1.54, 1.807) is 0 Å². The van der Waals surface area contributed by atoms with Crippen LogP contribution in [-0.4, -0.2) is 0 Å². The van der Waals surface area contributed by atoms with Crippen molar-refractivity contribution < 1.29 is 0 Å². The van der Waals surface area contributed by atoms with Crippen LogP contribution in [0.2, 0.25) is 0 Å². The van der Waals surface area contributed by atoms with Gasteiger partial charge in [-0.25, -0.2) is 0 Å². The third-order valence-corrected chi connectivity index (χ3v) is 1.51. The van der Waals surface area contributed by atoms with Crippen LogP contribution in [0.15, 0.2) is 18.2 Å². The molecule has 1 aromatic carbocycles. The zero-order valence-electron chi connectivity index (χ0n) is 7.65. The number of hydrogen-bond donors (Lipinski definition) is 0. The Labute approximate surface area is 68.9 Å². The smallest absolute Gasteiger partial charge is 0.0233 e. The van der Waals surface area contributed by atoms with Crippen molar-refractivity contribution in [1.82, 2.24) is 0 Å². The van der Waals surface area contributed by atoms with Gasteiger partial charge in [0.15, 0.2) is 0 Å². The molecule has 0 amide bonds. The highest BCUT2D eigenvalue weighted by molar-refractivity contribution is 5.23. The van der Waals surface area contributed by atoms with Crippen LogP contribution in [0, 0.1) is 6.92 Å². The summed E-state index contributed by atoms with van der Waals surface area (Å²) in [6.07, 6.45) is 0. The standard InChI is InChI=1S/C9H10.C2H6/c1-7-5-4-6-8(2)9(7)3;1-2/h4-6H,1,3H2,2H3;1-2H3. The van der Waals surface area contributed by atoms with Gasteiger partial charge in [-0.2, -0.15) is 0 Å². The summed E-state index contributed by atoms with van der Waals surface area (Å²) >= 11 is 0. The second kappa shape index (κ2) is 4.73. The molecule has 0 aliphatic carbocycles. The van der Waals surface area contributed by atoms with Crippen molar-refractivity contribution in [2.24, 2.45) is 0 Å². The van der Waals surface area contributed by atoms with E-state index in [9.17, 15) is 0 Å². The van der Waals surface area contributed by atoms with Crippen LogP contribution in [0.4, 0.5) is 0 Å². The zero-order valence-corrected chi connectivity index (χ0v) is 7.65. The van der Waals surface area contributed by atoms with Gasteiger partial charge in [-0.3, -0.25) is 0 Å². The zero-order chi connectivity index (χ0) is 8.85. The molecule has 0 radical (unpaired) electrons. The summed E-state index contributed by atoms with van der Waals surface area (Å²) < 4.78 is 0. The average Bonchev–Trinajstić information content (AvgIpc) is 2.04. The molecular formula is C11H16. The molecule has 0 N–H and O–H groups in total. The molecular weight excluding hydrogens is 132 g/mol. The minimum absolute atomic E-state index is 1.02. The van der Waals surface area contributed by atoms with E-state index < -0.39 is 0 Å². The van der Waals surface area contributed by atoms with Crippen LogP contribution in [0.3, 0.4) is 0 Å². The molecule has 1 rings (SSSR count).